The summed E-state index contributed by atoms with van der Waals surface area (Å²) in [5.74, 6) is 4.21. The van der Waals surface area contributed by atoms with Gasteiger partial charge in [-0.05, 0) is 55.3 Å². The monoisotopic (exact) mass is 810 g/mol. The summed E-state index contributed by atoms with van der Waals surface area (Å²) in [6.07, 6.45) is 1.97. The molecule has 6 rings (SSSR count). The van der Waals surface area contributed by atoms with Crippen LogP contribution in [0.5, 0.6) is 5.88 Å². The Morgan fingerprint density at radius 1 is 0.967 bits per heavy atom. The number of aldehydes is 2. The van der Waals surface area contributed by atoms with Crippen molar-refractivity contribution in [3.05, 3.63) is 124 Å². The molecule has 2 heterocycles. The molecule has 0 saturated carbocycles. The molecule has 1 fully saturated rings. The van der Waals surface area contributed by atoms with Crippen LogP contribution in [-0.2, 0) is 41.7 Å². The van der Waals surface area contributed by atoms with Crippen LogP contribution in [0.15, 0.2) is 96.0 Å². The minimum Gasteiger partial charge on any atom is -0.494 e. The van der Waals surface area contributed by atoms with Crippen molar-refractivity contribution in [2.75, 3.05) is 45.3 Å². The number of ether oxygens (including phenoxy) is 2. The van der Waals surface area contributed by atoms with Gasteiger partial charge in [-0.2, -0.15) is 0 Å². The summed E-state index contributed by atoms with van der Waals surface area (Å²) in [6.45, 7) is 2.78. The highest BCUT2D eigenvalue weighted by atomic mass is 16.5. The molecule has 14 heteroatoms. The van der Waals surface area contributed by atoms with Gasteiger partial charge < -0.3 is 30.2 Å². The average molecular weight is 811 g/mol. The molecule has 5 aromatic rings. The van der Waals surface area contributed by atoms with Gasteiger partial charge in [-0.1, -0.05) is 66.6 Å². The molecule has 14 nitrogen and oxygen atoms in total. The number of rotatable bonds is 19. The quantitative estimate of drug-likeness (QED) is 0.0255. The fraction of sp³-hybridized carbons (Fsp3) is 0.261. The summed E-state index contributed by atoms with van der Waals surface area (Å²) >= 11 is 0. The second-order valence-electron chi connectivity index (χ2n) is 14.1. The van der Waals surface area contributed by atoms with E-state index in [0.29, 0.717) is 96.8 Å². The zero-order valence-electron chi connectivity index (χ0n) is 33.2. The smallest absolute Gasteiger partial charge is 0.243 e. The van der Waals surface area contributed by atoms with E-state index in [1.54, 1.807) is 42.3 Å². The minimum atomic E-state index is -0.526. The van der Waals surface area contributed by atoms with Crippen LogP contribution in [0.25, 0.3) is 10.9 Å². The molecular weight excluding hydrogens is 765 g/mol. The lowest BCUT2D eigenvalue weighted by Crippen LogP contribution is -2.51. The maximum atomic E-state index is 12.8. The van der Waals surface area contributed by atoms with E-state index in [2.05, 4.69) is 32.8 Å². The highest BCUT2D eigenvalue weighted by molar-refractivity contribution is 6.22. The standard InChI is InChI=1S/C46H46N6O8/c1-52(40-18-19-41(55)51-45(40)57)29-37-34(30-54)10-5-11-38(37)49-42(56)20-23-59-25-26-60-24-21-47-28-32-12-15-35(16-13-32)48-44(33-8-3-2-4-9-33)43-36-17-14-31(7-6-22-53)27-39(36)50-46(43)58/h2-5,8-17,22,27,30,40,47,50,58H,18-21,23-26,28-29H2,1H3,(H,49,56)(H,51,55,57). The topological polar surface area (TPSA) is 192 Å². The van der Waals surface area contributed by atoms with Crippen molar-refractivity contribution in [2.45, 2.75) is 38.4 Å². The van der Waals surface area contributed by atoms with Gasteiger partial charge in [0.15, 0.2) is 12.2 Å². The predicted octanol–water partition coefficient (Wildman–Crippen LogP) is 4.79. The molecule has 0 spiro atoms. The third-order valence-electron chi connectivity index (χ3n) is 9.88. The second-order valence-corrected chi connectivity index (χ2v) is 14.1. The number of benzene rings is 4. The van der Waals surface area contributed by atoms with Crippen molar-refractivity contribution in [3.63, 3.8) is 0 Å². The summed E-state index contributed by atoms with van der Waals surface area (Å²) in [4.78, 5) is 69.0. The van der Waals surface area contributed by atoms with E-state index in [0.717, 1.165) is 16.5 Å². The van der Waals surface area contributed by atoms with Crippen molar-refractivity contribution in [1.29, 1.82) is 0 Å². The fourth-order valence-corrected chi connectivity index (χ4v) is 6.84. The maximum absolute atomic E-state index is 12.8. The number of amides is 3. The number of likely N-dealkylation sites (N-methyl/N-ethyl adjacent to an activating group) is 1. The van der Waals surface area contributed by atoms with Gasteiger partial charge in [-0.15, -0.1) is 0 Å². The second kappa shape index (κ2) is 21.3. The Balaban J connectivity index is 0.915. The number of fused-ring (bicyclic) bond motifs is 1. The summed E-state index contributed by atoms with van der Waals surface area (Å²) in [5, 5.41) is 20.4. The third kappa shape index (κ3) is 11.5. The summed E-state index contributed by atoms with van der Waals surface area (Å²) in [6, 6.07) is 27.4. The maximum Gasteiger partial charge on any atom is 0.243 e. The van der Waals surface area contributed by atoms with E-state index < -0.39 is 6.04 Å². The van der Waals surface area contributed by atoms with E-state index in [1.165, 1.54) is 0 Å². The Hall–Kier alpha value is -6.76. The average Bonchev–Trinajstić information content (AvgIpc) is 3.58. The molecule has 0 aliphatic carbocycles. The number of piperidine rings is 1. The molecule has 1 aliphatic rings. The first kappa shape index (κ1) is 42.8. The number of H-pyrrole nitrogens is 1. The summed E-state index contributed by atoms with van der Waals surface area (Å²) < 4.78 is 11.3. The predicted molar refractivity (Wildman–Crippen MR) is 227 cm³/mol. The highest BCUT2D eigenvalue weighted by Gasteiger charge is 2.30. The van der Waals surface area contributed by atoms with Crippen LogP contribution < -0.4 is 16.0 Å². The Kier molecular flexibility index (Phi) is 15.2. The molecule has 308 valence electrons. The van der Waals surface area contributed by atoms with Gasteiger partial charge in [0.05, 0.1) is 61.4 Å². The Morgan fingerprint density at radius 3 is 2.50 bits per heavy atom. The van der Waals surface area contributed by atoms with Gasteiger partial charge in [0.2, 0.25) is 17.7 Å². The number of aromatic amines is 1. The van der Waals surface area contributed by atoms with Crippen molar-refractivity contribution in [2.24, 2.45) is 4.99 Å². The number of nitrogens with zero attached hydrogens (tertiary/aromatic N) is 2. The number of anilines is 1. The van der Waals surface area contributed by atoms with Crippen LogP contribution in [0.3, 0.4) is 0 Å². The first-order valence-corrected chi connectivity index (χ1v) is 19.5. The van der Waals surface area contributed by atoms with Gasteiger partial charge in [0, 0.05) is 59.4 Å². The van der Waals surface area contributed by atoms with Gasteiger partial charge in [0.25, 0.3) is 0 Å². The van der Waals surface area contributed by atoms with Crippen molar-refractivity contribution in [3.8, 4) is 17.7 Å². The Labute approximate surface area is 347 Å². The summed E-state index contributed by atoms with van der Waals surface area (Å²) in [5.41, 5.74) is 6.55. The molecule has 1 aliphatic heterocycles. The summed E-state index contributed by atoms with van der Waals surface area (Å²) in [7, 11) is 1.74. The molecule has 3 amide bonds. The number of carbonyl (C=O) groups is 5. The van der Waals surface area contributed by atoms with Gasteiger partial charge in [-0.3, -0.25) is 34.2 Å². The number of hydrogen-bond acceptors (Lipinski definition) is 11. The lowest BCUT2D eigenvalue weighted by Gasteiger charge is -2.30. The minimum absolute atomic E-state index is 0.0187. The van der Waals surface area contributed by atoms with Crippen LogP contribution in [0, 0.1) is 11.8 Å². The van der Waals surface area contributed by atoms with E-state index >= 15 is 0 Å². The number of carbonyl (C=O) groups excluding carboxylic acids is 5. The molecule has 1 atom stereocenters. The highest BCUT2D eigenvalue weighted by Crippen LogP contribution is 2.32. The number of nitrogens with one attached hydrogen (secondary N) is 4. The molecule has 1 unspecified atom stereocenters. The molecule has 1 saturated heterocycles. The first-order chi connectivity index (χ1) is 29.2. The van der Waals surface area contributed by atoms with Crippen LogP contribution >= 0.6 is 0 Å². The van der Waals surface area contributed by atoms with Gasteiger partial charge in [0.1, 0.15) is 6.29 Å². The van der Waals surface area contributed by atoms with Crippen LogP contribution in [0.2, 0.25) is 0 Å². The number of aliphatic imine (C=N–C) groups is 1. The van der Waals surface area contributed by atoms with Crippen LogP contribution in [-0.4, -0.2) is 97.1 Å². The lowest BCUT2D eigenvalue weighted by molar-refractivity contribution is -0.137. The van der Waals surface area contributed by atoms with Gasteiger partial charge >= 0.3 is 0 Å². The largest absolute Gasteiger partial charge is 0.494 e. The fourth-order valence-electron chi connectivity index (χ4n) is 6.84. The van der Waals surface area contributed by atoms with Crippen molar-refractivity contribution < 1.29 is 38.6 Å². The van der Waals surface area contributed by atoms with E-state index in [4.69, 9.17) is 14.5 Å². The molecule has 5 N–H and O–H groups in total. The van der Waals surface area contributed by atoms with E-state index in [-0.39, 0.29) is 49.6 Å². The number of aromatic hydroxyl groups is 1. The molecule has 60 heavy (non-hydrogen) atoms. The third-order valence-corrected chi connectivity index (χ3v) is 9.88. The molecule has 0 bridgehead atoms. The Bertz CT molecular complexity index is 2420. The van der Waals surface area contributed by atoms with E-state index in [1.807, 2.05) is 60.7 Å². The lowest BCUT2D eigenvalue weighted by atomic mass is 10.00. The molecular formula is C46H46N6O8. The van der Waals surface area contributed by atoms with Crippen LogP contribution in [0.4, 0.5) is 11.4 Å². The van der Waals surface area contributed by atoms with Crippen LogP contribution in [0.1, 0.15) is 57.4 Å². The number of hydrogen-bond donors (Lipinski definition) is 5. The molecule has 4 aromatic carbocycles. The number of imide groups is 1. The van der Waals surface area contributed by atoms with Crippen molar-refractivity contribution >= 4 is 58.3 Å². The zero-order valence-corrected chi connectivity index (χ0v) is 33.2. The SMILES string of the molecule is CN(Cc1c(C=O)cccc1NC(=O)CCOCCOCCNCc1ccc(N=C(c2ccccc2)c2c(O)[nH]c3cc(C#CC=O)ccc23)cc1)C1CCC(=O)NC1=O. The van der Waals surface area contributed by atoms with Gasteiger partial charge in [-0.25, -0.2) is 4.99 Å². The Morgan fingerprint density at radius 2 is 1.75 bits per heavy atom. The number of aromatic nitrogens is 1. The molecule has 1 aromatic heterocycles. The first-order valence-electron chi connectivity index (χ1n) is 19.5. The molecule has 0 radical (unpaired) electrons. The van der Waals surface area contributed by atoms with Crippen molar-refractivity contribution in [1.82, 2.24) is 20.5 Å². The van der Waals surface area contributed by atoms with E-state index in [9.17, 15) is 29.1 Å². The zero-order chi connectivity index (χ0) is 42.3. The normalized spacial score (nSPS) is 14.1.